The van der Waals surface area contributed by atoms with Crippen LogP contribution in [0.3, 0.4) is 0 Å². The number of sulfonamides is 1. The van der Waals surface area contributed by atoms with Crippen molar-refractivity contribution in [3.8, 4) is 11.6 Å². The van der Waals surface area contributed by atoms with E-state index in [4.69, 9.17) is 21.1 Å². The highest BCUT2D eigenvalue weighted by atomic mass is 35.5. The topological polar surface area (TPSA) is 156 Å². The molecule has 5 atom stereocenters. The summed E-state index contributed by atoms with van der Waals surface area (Å²) in [6, 6.07) is 9.11. The molecule has 2 aromatic carbocycles. The first kappa shape index (κ1) is 36.9. The van der Waals surface area contributed by atoms with E-state index in [2.05, 4.69) is 20.3 Å². The lowest BCUT2D eigenvalue weighted by Crippen LogP contribution is -2.58. The van der Waals surface area contributed by atoms with Gasteiger partial charge in [0.25, 0.3) is 5.91 Å². The molecule has 4 aliphatic rings. The molecule has 3 heterocycles. The highest BCUT2D eigenvalue weighted by molar-refractivity contribution is 7.91. The van der Waals surface area contributed by atoms with Gasteiger partial charge in [-0.25, -0.2) is 17.8 Å². The van der Waals surface area contributed by atoms with Crippen molar-refractivity contribution in [2.45, 2.75) is 93.2 Å². The number of carbonyl (C=O) groups is 3. The van der Waals surface area contributed by atoms with E-state index in [1.54, 1.807) is 43.5 Å². The Labute approximate surface area is 312 Å². The highest BCUT2D eigenvalue weighted by Gasteiger charge is 2.63. The van der Waals surface area contributed by atoms with Crippen LogP contribution in [0.25, 0.3) is 10.8 Å². The van der Waals surface area contributed by atoms with Gasteiger partial charge < -0.3 is 25.0 Å². The van der Waals surface area contributed by atoms with Crippen molar-refractivity contribution in [3.05, 3.63) is 71.7 Å². The van der Waals surface area contributed by atoms with Crippen molar-refractivity contribution >= 4 is 55.8 Å². The van der Waals surface area contributed by atoms with E-state index in [0.717, 1.165) is 12.8 Å². The zero-order valence-electron chi connectivity index (χ0n) is 29.6. The molecule has 2 aliphatic heterocycles. The highest BCUT2D eigenvalue weighted by Crippen LogP contribution is 2.47. The summed E-state index contributed by atoms with van der Waals surface area (Å²) in [5, 5.41) is 7.79. The van der Waals surface area contributed by atoms with Crippen LogP contribution in [0, 0.1) is 11.7 Å². The van der Waals surface area contributed by atoms with Crippen LogP contribution >= 0.6 is 11.6 Å². The summed E-state index contributed by atoms with van der Waals surface area (Å²) < 4.78 is 53.7. The van der Waals surface area contributed by atoms with Crippen LogP contribution < -0.4 is 24.8 Å². The van der Waals surface area contributed by atoms with E-state index in [1.165, 1.54) is 24.1 Å². The maximum atomic E-state index is 14.6. The van der Waals surface area contributed by atoms with Crippen molar-refractivity contribution in [2.24, 2.45) is 5.92 Å². The Morgan fingerprint density at radius 3 is 2.68 bits per heavy atom. The third-order valence-corrected chi connectivity index (χ3v) is 13.3. The van der Waals surface area contributed by atoms with Crippen molar-refractivity contribution in [2.75, 3.05) is 19.0 Å². The van der Waals surface area contributed by atoms with Gasteiger partial charge in [0, 0.05) is 40.0 Å². The third-order valence-electron chi connectivity index (χ3n) is 10.9. The fourth-order valence-electron chi connectivity index (χ4n) is 7.34. The van der Waals surface area contributed by atoms with E-state index < -0.39 is 62.0 Å². The average molecular weight is 768 g/mol. The van der Waals surface area contributed by atoms with E-state index >= 15 is 0 Å². The van der Waals surface area contributed by atoms with Gasteiger partial charge in [0.2, 0.25) is 27.7 Å². The number of amides is 3. The first-order chi connectivity index (χ1) is 25.3. The Kier molecular flexibility index (Phi) is 10.0. The fourth-order valence-corrected chi connectivity index (χ4v) is 8.86. The number of benzene rings is 2. The molecule has 3 N–H and O–H groups in total. The van der Waals surface area contributed by atoms with Crippen molar-refractivity contribution in [1.82, 2.24) is 19.9 Å². The van der Waals surface area contributed by atoms with Crippen molar-refractivity contribution < 1.29 is 36.7 Å². The molecule has 3 aromatic rings. The molecule has 0 spiro atoms. The minimum absolute atomic E-state index is 0.00325. The maximum Gasteiger partial charge on any atom is 0.259 e. The number of hydrogen-bond donors (Lipinski definition) is 3. The standard InChI is InChI=1S/C38H43ClFN5O7S/c1-37(14-15-37)53(49,50)44-36(48)38-21-23(38)9-6-4-3-5-7-12-30(42-26-11-8-10-25(40)19-26)35(47)45-22-27(20-31(45)33(46)43-38)52-34-29-17-24(39)18-32(51-2)28(29)13-16-41-34/h6,8-11,13,16-19,23,27,30-31,42H,3-5,7,12,14-15,20-22H2,1-2H3,(H,43,46)(H,44,48)/b9-6-/t23-,27-,30+,31+,38-/m1/s1. The van der Waals surface area contributed by atoms with Crippen LogP contribution in [0.4, 0.5) is 10.1 Å². The Bertz CT molecular complexity index is 2080. The number of fused-ring (bicyclic) bond motifs is 3. The van der Waals surface area contributed by atoms with Gasteiger partial charge in [-0.1, -0.05) is 42.7 Å². The van der Waals surface area contributed by atoms with Crippen molar-refractivity contribution in [1.29, 1.82) is 0 Å². The maximum absolute atomic E-state index is 14.6. The van der Waals surface area contributed by atoms with Gasteiger partial charge in [-0.05, 0) is 81.8 Å². The SMILES string of the molecule is COc1cc(Cl)cc2c(O[C@@H]3C[C@H]4C(=O)N[C@]5(C(=O)NS(=O)(=O)C6(C)CC6)C[C@H]5/C=C\CCCCC[C@H](Nc5cccc(F)c5)C(=O)N4C3)nccc12. The van der Waals surface area contributed by atoms with Gasteiger partial charge in [-0.3, -0.25) is 19.1 Å². The van der Waals surface area contributed by atoms with Crippen LogP contribution in [-0.2, 0) is 24.4 Å². The van der Waals surface area contributed by atoms with E-state index in [1.807, 2.05) is 12.2 Å². The van der Waals surface area contributed by atoms with Gasteiger partial charge >= 0.3 is 0 Å². The van der Waals surface area contributed by atoms with Gasteiger partial charge in [0.05, 0.1) is 18.4 Å². The molecule has 1 aromatic heterocycles. The van der Waals surface area contributed by atoms with E-state index in [-0.39, 0.29) is 31.2 Å². The Balaban J connectivity index is 1.22. The quantitative estimate of drug-likeness (QED) is 0.261. The lowest BCUT2D eigenvalue weighted by atomic mass is 10.0. The second-order valence-corrected chi connectivity index (χ2v) is 17.4. The number of nitrogens with zero attached hydrogens (tertiary/aromatic N) is 2. The van der Waals surface area contributed by atoms with E-state index in [0.29, 0.717) is 59.3 Å². The molecule has 7 rings (SSSR count). The summed E-state index contributed by atoms with van der Waals surface area (Å²) >= 11 is 6.40. The molecule has 1 saturated heterocycles. The second-order valence-electron chi connectivity index (χ2n) is 14.7. The third kappa shape index (κ3) is 7.53. The number of nitrogens with one attached hydrogen (secondary N) is 3. The zero-order chi connectivity index (χ0) is 37.5. The molecule has 15 heteroatoms. The second kappa shape index (κ2) is 14.4. The van der Waals surface area contributed by atoms with Gasteiger partial charge in [-0.2, -0.15) is 0 Å². The number of aromatic nitrogens is 1. The summed E-state index contributed by atoms with van der Waals surface area (Å²) in [7, 11) is -2.46. The minimum Gasteiger partial charge on any atom is -0.496 e. The monoisotopic (exact) mass is 767 g/mol. The predicted octanol–water partition coefficient (Wildman–Crippen LogP) is 5.26. The first-order valence-corrected chi connectivity index (χ1v) is 19.9. The molecule has 2 saturated carbocycles. The fraction of sp³-hybridized carbons (Fsp3) is 0.474. The van der Waals surface area contributed by atoms with Crippen LogP contribution in [-0.4, -0.2) is 78.2 Å². The number of hydrogen-bond acceptors (Lipinski definition) is 9. The van der Waals surface area contributed by atoms with Crippen LogP contribution in [0.1, 0.15) is 64.7 Å². The van der Waals surface area contributed by atoms with Crippen LogP contribution in [0.5, 0.6) is 11.6 Å². The molecule has 0 radical (unpaired) electrons. The molecule has 282 valence electrons. The van der Waals surface area contributed by atoms with Crippen LogP contribution in [0.15, 0.2) is 60.8 Å². The summed E-state index contributed by atoms with van der Waals surface area (Å²) in [6.07, 6.45) is 9.26. The minimum atomic E-state index is -3.99. The van der Waals surface area contributed by atoms with Crippen molar-refractivity contribution in [3.63, 3.8) is 0 Å². The lowest BCUT2D eigenvalue weighted by molar-refractivity contribution is -0.140. The lowest BCUT2D eigenvalue weighted by Gasteiger charge is -2.30. The molecule has 0 unspecified atom stereocenters. The summed E-state index contributed by atoms with van der Waals surface area (Å²) in [5.74, 6) is -1.93. The number of methoxy groups -OCH3 is 1. The smallest absolute Gasteiger partial charge is 0.259 e. The summed E-state index contributed by atoms with van der Waals surface area (Å²) in [5.41, 5.74) is -1.09. The Morgan fingerprint density at radius 1 is 1.11 bits per heavy atom. The molecule has 0 bridgehead atoms. The number of allylic oxidation sites excluding steroid dienone is 1. The number of halogens is 2. The number of ether oxygens (including phenoxy) is 2. The number of rotatable bonds is 8. The van der Waals surface area contributed by atoms with Gasteiger partial charge in [-0.15, -0.1) is 0 Å². The molecule has 2 aliphatic carbocycles. The number of carbonyl (C=O) groups excluding carboxylic acids is 3. The first-order valence-electron chi connectivity index (χ1n) is 18.0. The average Bonchev–Trinajstić information content (AvgIpc) is 4.00. The van der Waals surface area contributed by atoms with Gasteiger partial charge in [0.1, 0.15) is 35.3 Å². The zero-order valence-corrected chi connectivity index (χ0v) is 31.1. The molecule has 53 heavy (non-hydrogen) atoms. The number of anilines is 1. The molecule has 3 amide bonds. The Morgan fingerprint density at radius 2 is 1.92 bits per heavy atom. The Hall–Kier alpha value is -4.43. The summed E-state index contributed by atoms with van der Waals surface area (Å²) in [6.45, 7) is 1.59. The van der Waals surface area contributed by atoms with E-state index in [9.17, 15) is 27.2 Å². The number of pyridine rings is 1. The normalized spacial score (nSPS) is 27.7. The van der Waals surface area contributed by atoms with Gasteiger partial charge in [0.15, 0.2) is 0 Å². The van der Waals surface area contributed by atoms with Crippen LogP contribution in [0.2, 0.25) is 5.02 Å². The molecule has 12 nitrogen and oxygen atoms in total. The molecule has 3 fully saturated rings. The summed E-state index contributed by atoms with van der Waals surface area (Å²) in [4.78, 5) is 48.7. The molecular formula is C38H43ClFN5O7S. The predicted molar refractivity (Wildman–Crippen MR) is 198 cm³/mol. The largest absolute Gasteiger partial charge is 0.496 e. The molecular weight excluding hydrogens is 725 g/mol.